The second-order valence-corrected chi connectivity index (χ2v) is 7.76. The Labute approximate surface area is 154 Å². The Balaban J connectivity index is 1.64. The van der Waals surface area contributed by atoms with Crippen molar-refractivity contribution in [2.45, 2.75) is 51.6 Å². The van der Waals surface area contributed by atoms with Gasteiger partial charge in [0, 0.05) is 13.6 Å². The molecule has 1 aliphatic heterocycles. The SMILES string of the molecule is Cc1ccccc1CN(C)C(=O)CN1C(=O)NC2(CCC(C)CC2)C1=O. The van der Waals surface area contributed by atoms with Crippen molar-refractivity contribution in [3.63, 3.8) is 0 Å². The zero-order valence-corrected chi connectivity index (χ0v) is 15.7. The number of nitrogens with zero attached hydrogens (tertiary/aromatic N) is 2. The lowest BCUT2D eigenvalue weighted by Crippen LogP contribution is -2.50. The van der Waals surface area contributed by atoms with E-state index in [2.05, 4.69) is 12.2 Å². The average Bonchev–Trinajstić information content (AvgIpc) is 2.84. The Morgan fingerprint density at radius 3 is 2.58 bits per heavy atom. The van der Waals surface area contributed by atoms with Crippen LogP contribution in [0.1, 0.15) is 43.7 Å². The molecule has 26 heavy (non-hydrogen) atoms. The van der Waals surface area contributed by atoms with Gasteiger partial charge in [-0.25, -0.2) is 4.79 Å². The Kier molecular flexibility index (Phi) is 5.03. The van der Waals surface area contributed by atoms with Gasteiger partial charge in [0.25, 0.3) is 5.91 Å². The van der Waals surface area contributed by atoms with Crippen molar-refractivity contribution >= 4 is 17.8 Å². The molecule has 6 heteroatoms. The number of carbonyl (C=O) groups excluding carboxylic acids is 3. The number of amides is 4. The second kappa shape index (κ2) is 7.09. The van der Waals surface area contributed by atoms with Gasteiger partial charge in [0.1, 0.15) is 12.1 Å². The van der Waals surface area contributed by atoms with Gasteiger partial charge < -0.3 is 10.2 Å². The first-order chi connectivity index (χ1) is 12.3. The van der Waals surface area contributed by atoms with Gasteiger partial charge in [0.05, 0.1) is 0 Å². The Bertz CT molecular complexity index is 723. The fourth-order valence-corrected chi connectivity index (χ4v) is 3.80. The normalized spacial score (nSPS) is 25.5. The molecular formula is C20H27N3O3. The summed E-state index contributed by atoms with van der Waals surface area (Å²) < 4.78 is 0. The lowest BCUT2D eigenvalue weighted by Gasteiger charge is -2.33. The summed E-state index contributed by atoms with van der Waals surface area (Å²) in [4.78, 5) is 40.4. The van der Waals surface area contributed by atoms with Crippen molar-refractivity contribution in [1.29, 1.82) is 0 Å². The molecule has 2 aliphatic rings. The van der Waals surface area contributed by atoms with Crippen molar-refractivity contribution < 1.29 is 14.4 Å². The summed E-state index contributed by atoms with van der Waals surface area (Å²) in [5.41, 5.74) is 1.37. The van der Waals surface area contributed by atoms with Gasteiger partial charge in [-0.3, -0.25) is 14.5 Å². The van der Waals surface area contributed by atoms with E-state index in [0.717, 1.165) is 28.9 Å². The minimum absolute atomic E-state index is 0.204. The van der Waals surface area contributed by atoms with E-state index in [1.807, 2.05) is 31.2 Å². The molecule has 0 atom stereocenters. The largest absolute Gasteiger partial charge is 0.340 e. The number of hydrogen-bond acceptors (Lipinski definition) is 3. The van der Waals surface area contributed by atoms with E-state index >= 15 is 0 Å². The zero-order chi connectivity index (χ0) is 18.9. The van der Waals surface area contributed by atoms with Crippen LogP contribution in [0.3, 0.4) is 0 Å². The number of nitrogens with one attached hydrogen (secondary N) is 1. The number of imide groups is 1. The van der Waals surface area contributed by atoms with E-state index in [-0.39, 0.29) is 18.4 Å². The first-order valence-electron chi connectivity index (χ1n) is 9.25. The highest BCUT2D eigenvalue weighted by atomic mass is 16.2. The van der Waals surface area contributed by atoms with Crippen LogP contribution < -0.4 is 5.32 Å². The van der Waals surface area contributed by atoms with Crippen molar-refractivity contribution in [1.82, 2.24) is 15.1 Å². The van der Waals surface area contributed by atoms with Crippen molar-refractivity contribution in [3.8, 4) is 0 Å². The van der Waals surface area contributed by atoms with E-state index in [0.29, 0.717) is 25.3 Å². The maximum absolute atomic E-state index is 12.8. The van der Waals surface area contributed by atoms with Crippen LogP contribution in [0.4, 0.5) is 4.79 Å². The van der Waals surface area contributed by atoms with Gasteiger partial charge in [0.15, 0.2) is 0 Å². The molecule has 4 amide bonds. The average molecular weight is 357 g/mol. The van der Waals surface area contributed by atoms with Crippen LogP contribution in [0.15, 0.2) is 24.3 Å². The van der Waals surface area contributed by atoms with Crippen molar-refractivity contribution in [2.24, 2.45) is 5.92 Å². The topological polar surface area (TPSA) is 69.7 Å². The molecule has 1 aromatic rings. The standard InChI is InChI=1S/C20H27N3O3/c1-14-8-10-20(11-9-14)18(25)23(19(26)21-20)13-17(24)22(3)12-16-7-5-4-6-15(16)2/h4-7,14H,8-13H2,1-3H3,(H,21,26). The molecule has 0 bridgehead atoms. The summed E-state index contributed by atoms with van der Waals surface area (Å²) in [7, 11) is 1.70. The van der Waals surface area contributed by atoms with Crippen LogP contribution >= 0.6 is 0 Å². The number of rotatable bonds is 4. The molecule has 1 aromatic carbocycles. The van der Waals surface area contributed by atoms with Crippen LogP contribution in [0, 0.1) is 12.8 Å². The Hall–Kier alpha value is -2.37. The molecular weight excluding hydrogens is 330 g/mol. The minimum Gasteiger partial charge on any atom is -0.340 e. The molecule has 1 saturated carbocycles. The van der Waals surface area contributed by atoms with Gasteiger partial charge in [0.2, 0.25) is 5.91 Å². The van der Waals surface area contributed by atoms with E-state index in [1.54, 1.807) is 11.9 Å². The summed E-state index contributed by atoms with van der Waals surface area (Å²) in [5.74, 6) is 0.0891. The van der Waals surface area contributed by atoms with Crippen LogP contribution in [0.25, 0.3) is 0 Å². The fraction of sp³-hybridized carbons (Fsp3) is 0.550. The molecule has 1 spiro atoms. The predicted octanol–water partition coefficient (Wildman–Crippen LogP) is 2.45. The Morgan fingerprint density at radius 2 is 1.92 bits per heavy atom. The smallest absolute Gasteiger partial charge is 0.325 e. The molecule has 6 nitrogen and oxygen atoms in total. The number of carbonyl (C=O) groups is 3. The number of benzene rings is 1. The molecule has 1 heterocycles. The summed E-state index contributed by atoms with van der Waals surface area (Å²) in [5, 5.41) is 2.86. The highest BCUT2D eigenvalue weighted by Crippen LogP contribution is 2.36. The zero-order valence-electron chi connectivity index (χ0n) is 15.7. The number of aryl methyl sites for hydroxylation is 1. The molecule has 1 aliphatic carbocycles. The van der Waals surface area contributed by atoms with Crippen molar-refractivity contribution in [3.05, 3.63) is 35.4 Å². The van der Waals surface area contributed by atoms with E-state index in [4.69, 9.17) is 0 Å². The van der Waals surface area contributed by atoms with Crippen LogP contribution in [-0.4, -0.2) is 46.8 Å². The first kappa shape index (κ1) is 18.4. The maximum Gasteiger partial charge on any atom is 0.325 e. The molecule has 2 fully saturated rings. The third-order valence-electron chi connectivity index (χ3n) is 5.76. The molecule has 1 N–H and O–H groups in total. The summed E-state index contributed by atoms with van der Waals surface area (Å²) >= 11 is 0. The van der Waals surface area contributed by atoms with E-state index < -0.39 is 11.6 Å². The summed E-state index contributed by atoms with van der Waals surface area (Å²) in [6.07, 6.45) is 3.15. The van der Waals surface area contributed by atoms with Crippen LogP contribution in [0.5, 0.6) is 0 Å². The van der Waals surface area contributed by atoms with Gasteiger partial charge >= 0.3 is 6.03 Å². The van der Waals surface area contributed by atoms with Gasteiger partial charge in [-0.15, -0.1) is 0 Å². The maximum atomic E-state index is 12.8. The minimum atomic E-state index is -0.793. The molecule has 1 saturated heterocycles. The third-order valence-corrected chi connectivity index (χ3v) is 5.76. The lowest BCUT2D eigenvalue weighted by molar-refractivity contribution is -0.139. The third kappa shape index (κ3) is 3.45. The summed E-state index contributed by atoms with van der Waals surface area (Å²) in [6.45, 7) is 4.41. The lowest BCUT2D eigenvalue weighted by atomic mass is 9.77. The van der Waals surface area contributed by atoms with Gasteiger partial charge in [-0.1, -0.05) is 31.2 Å². The summed E-state index contributed by atoms with van der Waals surface area (Å²) in [6, 6.07) is 7.43. The van der Waals surface area contributed by atoms with E-state index in [1.165, 1.54) is 0 Å². The van der Waals surface area contributed by atoms with Crippen LogP contribution in [-0.2, 0) is 16.1 Å². The fourth-order valence-electron chi connectivity index (χ4n) is 3.80. The molecule has 0 aromatic heterocycles. The van der Waals surface area contributed by atoms with Crippen LogP contribution in [0.2, 0.25) is 0 Å². The Morgan fingerprint density at radius 1 is 1.27 bits per heavy atom. The number of urea groups is 1. The van der Waals surface area contributed by atoms with E-state index in [9.17, 15) is 14.4 Å². The second-order valence-electron chi connectivity index (χ2n) is 7.76. The van der Waals surface area contributed by atoms with Gasteiger partial charge in [-0.05, 0) is 49.7 Å². The van der Waals surface area contributed by atoms with Crippen molar-refractivity contribution in [2.75, 3.05) is 13.6 Å². The molecule has 0 unspecified atom stereocenters. The highest BCUT2D eigenvalue weighted by Gasteiger charge is 2.52. The molecule has 0 radical (unpaired) electrons. The highest BCUT2D eigenvalue weighted by molar-refractivity contribution is 6.09. The number of hydrogen-bond donors (Lipinski definition) is 1. The quantitative estimate of drug-likeness (QED) is 0.842. The predicted molar refractivity (Wildman–Crippen MR) is 98.3 cm³/mol. The number of likely N-dealkylation sites (N-methyl/N-ethyl adjacent to an activating group) is 1. The first-order valence-corrected chi connectivity index (χ1v) is 9.25. The van der Waals surface area contributed by atoms with Gasteiger partial charge in [-0.2, -0.15) is 0 Å². The monoisotopic (exact) mass is 357 g/mol. The molecule has 3 rings (SSSR count). The molecule has 140 valence electrons.